The number of halogens is 1. The largest absolute Gasteiger partial charge is 0.368 e. The van der Waals surface area contributed by atoms with E-state index in [0.29, 0.717) is 0 Å². The molecule has 0 saturated heterocycles. The number of carbonyl (C=O) groups is 1. The van der Waals surface area contributed by atoms with Gasteiger partial charge in [0.1, 0.15) is 5.82 Å². The van der Waals surface area contributed by atoms with E-state index in [0.717, 1.165) is 6.07 Å². The van der Waals surface area contributed by atoms with Gasteiger partial charge >= 0.3 is 0 Å². The highest BCUT2D eigenvalue weighted by Crippen LogP contribution is 2.08. The first kappa shape index (κ1) is 10.8. The second-order valence-corrected chi connectivity index (χ2v) is 2.95. The van der Waals surface area contributed by atoms with Crippen molar-refractivity contribution in [1.29, 1.82) is 0 Å². The summed E-state index contributed by atoms with van der Waals surface area (Å²) in [6.45, 7) is 0. The van der Waals surface area contributed by atoms with Crippen LogP contribution in [0.4, 0.5) is 4.39 Å². The van der Waals surface area contributed by atoms with Crippen molar-refractivity contribution in [3.8, 4) is 0 Å². The smallest absolute Gasteiger partial charge is 0.163 e. The number of hydrogen-bond donors (Lipinski definition) is 2. The third-order valence-electron chi connectivity index (χ3n) is 1.78. The molecule has 0 fully saturated rings. The molecule has 0 aliphatic rings. The van der Waals surface area contributed by atoms with E-state index in [2.05, 4.69) is 0 Å². The van der Waals surface area contributed by atoms with Gasteiger partial charge in [0.2, 0.25) is 0 Å². The molecule has 0 unspecified atom stereocenters. The second kappa shape index (κ2) is 4.83. The van der Waals surface area contributed by atoms with Crippen molar-refractivity contribution in [2.45, 2.75) is 19.1 Å². The van der Waals surface area contributed by atoms with Gasteiger partial charge in [0.15, 0.2) is 12.1 Å². The topological polar surface area (TPSA) is 57.5 Å². The van der Waals surface area contributed by atoms with E-state index in [1.165, 1.54) is 18.2 Å². The fraction of sp³-hybridized carbons (Fsp3) is 0.300. The number of aliphatic hydroxyl groups excluding tert-OH is 1. The zero-order valence-electron chi connectivity index (χ0n) is 7.48. The lowest BCUT2D eigenvalue weighted by molar-refractivity contribution is -0.0450. The Labute approximate surface area is 80.8 Å². The summed E-state index contributed by atoms with van der Waals surface area (Å²) in [5.74, 6) is -0.766. The molecule has 76 valence electrons. The summed E-state index contributed by atoms with van der Waals surface area (Å²) in [5.41, 5.74) is 0.255. The van der Waals surface area contributed by atoms with Gasteiger partial charge in [-0.3, -0.25) is 4.79 Å². The molecule has 2 N–H and O–H groups in total. The fourth-order valence-electron chi connectivity index (χ4n) is 1.07. The SMILES string of the molecule is O=C(CCC(O)O)c1cccc(F)c1. The van der Waals surface area contributed by atoms with E-state index in [1.807, 2.05) is 0 Å². The van der Waals surface area contributed by atoms with Gasteiger partial charge in [-0.25, -0.2) is 4.39 Å². The van der Waals surface area contributed by atoms with Crippen LogP contribution in [0.1, 0.15) is 23.2 Å². The van der Waals surface area contributed by atoms with Gasteiger partial charge in [-0.05, 0) is 12.1 Å². The zero-order chi connectivity index (χ0) is 10.6. The Morgan fingerprint density at radius 3 is 2.71 bits per heavy atom. The first-order valence-electron chi connectivity index (χ1n) is 4.24. The van der Waals surface area contributed by atoms with Gasteiger partial charge in [0, 0.05) is 18.4 Å². The van der Waals surface area contributed by atoms with Crippen molar-refractivity contribution in [1.82, 2.24) is 0 Å². The number of aliphatic hydroxyl groups is 2. The molecule has 1 aromatic carbocycles. The van der Waals surface area contributed by atoms with Gasteiger partial charge in [-0.1, -0.05) is 12.1 Å². The minimum atomic E-state index is -1.49. The molecule has 0 aromatic heterocycles. The molecule has 0 spiro atoms. The second-order valence-electron chi connectivity index (χ2n) is 2.95. The molecular weight excluding hydrogens is 187 g/mol. The van der Waals surface area contributed by atoms with Crippen LogP contribution in [0.5, 0.6) is 0 Å². The number of rotatable bonds is 4. The maximum atomic E-state index is 12.7. The summed E-state index contributed by atoms with van der Waals surface area (Å²) in [6.07, 6.45) is -1.52. The van der Waals surface area contributed by atoms with Gasteiger partial charge in [-0.15, -0.1) is 0 Å². The zero-order valence-corrected chi connectivity index (χ0v) is 7.48. The fourth-order valence-corrected chi connectivity index (χ4v) is 1.07. The predicted octanol–water partition coefficient (Wildman–Crippen LogP) is 1.10. The van der Waals surface area contributed by atoms with E-state index < -0.39 is 12.1 Å². The van der Waals surface area contributed by atoms with Crippen molar-refractivity contribution in [2.24, 2.45) is 0 Å². The van der Waals surface area contributed by atoms with Crippen molar-refractivity contribution in [3.63, 3.8) is 0 Å². The normalized spacial score (nSPS) is 10.6. The van der Waals surface area contributed by atoms with Crippen molar-refractivity contribution in [2.75, 3.05) is 0 Å². The van der Waals surface area contributed by atoms with Gasteiger partial charge < -0.3 is 10.2 Å². The van der Waals surface area contributed by atoms with Crippen LogP contribution in [0, 0.1) is 5.82 Å². The van der Waals surface area contributed by atoms with Gasteiger partial charge in [0.05, 0.1) is 0 Å². The van der Waals surface area contributed by atoms with Gasteiger partial charge in [0.25, 0.3) is 0 Å². The molecule has 14 heavy (non-hydrogen) atoms. The average Bonchev–Trinajstić information content (AvgIpc) is 2.14. The molecule has 0 radical (unpaired) electrons. The average molecular weight is 198 g/mol. The molecule has 0 amide bonds. The first-order chi connectivity index (χ1) is 6.59. The van der Waals surface area contributed by atoms with Crippen LogP contribution in [-0.4, -0.2) is 22.3 Å². The van der Waals surface area contributed by atoms with Crippen molar-refractivity contribution in [3.05, 3.63) is 35.6 Å². The van der Waals surface area contributed by atoms with Crippen LogP contribution in [-0.2, 0) is 0 Å². The van der Waals surface area contributed by atoms with Crippen LogP contribution in [0.3, 0.4) is 0 Å². The minimum Gasteiger partial charge on any atom is -0.368 e. The highest BCUT2D eigenvalue weighted by Gasteiger charge is 2.08. The molecule has 0 bridgehead atoms. The lowest BCUT2D eigenvalue weighted by atomic mass is 10.1. The third-order valence-corrected chi connectivity index (χ3v) is 1.78. The summed E-state index contributed by atoms with van der Waals surface area (Å²) in [6, 6.07) is 5.32. The lowest BCUT2D eigenvalue weighted by Crippen LogP contribution is -2.08. The number of ketones is 1. The highest BCUT2D eigenvalue weighted by atomic mass is 19.1. The Balaban J connectivity index is 2.61. The van der Waals surface area contributed by atoms with E-state index >= 15 is 0 Å². The Bertz CT molecular complexity index is 323. The molecule has 4 heteroatoms. The van der Waals surface area contributed by atoms with Crippen LogP contribution < -0.4 is 0 Å². The van der Waals surface area contributed by atoms with E-state index in [9.17, 15) is 9.18 Å². The standard InChI is InChI=1S/C10H11FO3/c11-8-3-1-2-7(6-8)9(12)4-5-10(13)14/h1-3,6,10,13-14H,4-5H2. The Hall–Kier alpha value is -1.26. The minimum absolute atomic E-state index is 0.00111. The summed E-state index contributed by atoms with van der Waals surface area (Å²) >= 11 is 0. The van der Waals surface area contributed by atoms with E-state index in [4.69, 9.17) is 10.2 Å². The highest BCUT2D eigenvalue weighted by molar-refractivity contribution is 5.95. The molecule has 1 aromatic rings. The van der Waals surface area contributed by atoms with Crippen LogP contribution in [0.2, 0.25) is 0 Å². The molecular formula is C10H11FO3. The molecule has 0 aliphatic carbocycles. The van der Waals surface area contributed by atoms with Gasteiger partial charge in [-0.2, -0.15) is 0 Å². The van der Waals surface area contributed by atoms with Crippen molar-refractivity contribution >= 4 is 5.78 Å². The number of hydrogen-bond acceptors (Lipinski definition) is 3. The number of benzene rings is 1. The monoisotopic (exact) mass is 198 g/mol. The first-order valence-corrected chi connectivity index (χ1v) is 4.24. The molecule has 0 atom stereocenters. The van der Waals surface area contributed by atoms with Crippen LogP contribution >= 0.6 is 0 Å². The van der Waals surface area contributed by atoms with E-state index in [1.54, 1.807) is 0 Å². The van der Waals surface area contributed by atoms with Crippen LogP contribution in [0.15, 0.2) is 24.3 Å². The quantitative estimate of drug-likeness (QED) is 0.562. The number of carbonyl (C=O) groups excluding carboxylic acids is 1. The molecule has 0 heterocycles. The maximum Gasteiger partial charge on any atom is 0.163 e. The molecule has 3 nitrogen and oxygen atoms in total. The number of Topliss-reactive ketones (excluding diaryl/α,β-unsaturated/α-hetero) is 1. The molecule has 0 saturated carbocycles. The lowest BCUT2D eigenvalue weighted by Gasteiger charge is -2.02. The predicted molar refractivity (Wildman–Crippen MR) is 48.2 cm³/mol. The summed E-state index contributed by atoms with van der Waals surface area (Å²) in [5, 5.41) is 17.1. The van der Waals surface area contributed by atoms with E-state index in [-0.39, 0.29) is 24.2 Å². The summed E-state index contributed by atoms with van der Waals surface area (Å²) in [4.78, 5) is 11.3. The van der Waals surface area contributed by atoms with Crippen LogP contribution in [0.25, 0.3) is 0 Å². The third kappa shape index (κ3) is 3.24. The van der Waals surface area contributed by atoms with Crippen molar-refractivity contribution < 1.29 is 19.4 Å². The Kier molecular flexibility index (Phi) is 3.73. The summed E-state index contributed by atoms with van der Waals surface area (Å²) in [7, 11) is 0. The maximum absolute atomic E-state index is 12.7. The summed E-state index contributed by atoms with van der Waals surface area (Å²) < 4.78 is 12.7. The Morgan fingerprint density at radius 2 is 2.14 bits per heavy atom. The molecule has 1 rings (SSSR count). The molecule has 0 aliphatic heterocycles. The Morgan fingerprint density at radius 1 is 1.43 bits per heavy atom.